The Labute approximate surface area is 154 Å². The summed E-state index contributed by atoms with van der Waals surface area (Å²) in [5.74, 6) is 0.0957. The lowest BCUT2D eigenvalue weighted by atomic mass is 10.1. The number of anilines is 1. The van der Waals surface area contributed by atoms with Crippen molar-refractivity contribution in [1.82, 2.24) is 0 Å². The van der Waals surface area contributed by atoms with Crippen molar-refractivity contribution < 1.29 is 9.53 Å². The van der Waals surface area contributed by atoms with Crippen LogP contribution < -0.4 is 10.1 Å². The molecule has 1 amide bonds. The van der Waals surface area contributed by atoms with Gasteiger partial charge < -0.3 is 10.1 Å². The van der Waals surface area contributed by atoms with Crippen molar-refractivity contribution in [3.05, 3.63) is 51.5 Å². The average molecular weight is 381 g/mol. The van der Waals surface area contributed by atoms with Crippen LogP contribution in [-0.2, 0) is 4.79 Å². The topological polar surface area (TPSA) is 62.1 Å². The standard InChI is InChI=1S/C17H14Cl2N2O2S/c1-10-5-13(24-9-20)6-11(2)17(10)21-16(22)8-23-15-4-3-12(18)7-14(15)19/h3-7H,8H2,1-2H3,(H,21,22). The molecule has 0 spiro atoms. The van der Waals surface area contributed by atoms with E-state index < -0.39 is 0 Å². The summed E-state index contributed by atoms with van der Waals surface area (Å²) in [7, 11) is 0. The van der Waals surface area contributed by atoms with Crippen LogP contribution in [-0.4, -0.2) is 12.5 Å². The Bertz CT molecular complexity index is 796. The first kappa shape index (κ1) is 18.5. The highest BCUT2D eigenvalue weighted by Gasteiger charge is 2.11. The number of halogens is 2. The number of nitriles is 1. The molecule has 7 heteroatoms. The molecule has 0 atom stereocenters. The van der Waals surface area contributed by atoms with Gasteiger partial charge in [-0.15, -0.1) is 0 Å². The van der Waals surface area contributed by atoms with E-state index in [2.05, 4.69) is 5.32 Å². The number of hydrogen-bond acceptors (Lipinski definition) is 4. The number of rotatable bonds is 5. The van der Waals surface area contributed by atoms with E-state index in [9.17, 15) is 4.79 Å². The zero-order chi connectivity index (χ0) is 17.7. The molecule has 124 valence electrons. The van der Waals surface area contributed by atoms with E-state index in [1.165, 1.54) is 0 Å². The van der Waals surface area contributed by atoms with E-state index in [4.69, 9.17) is 33.2 Å². The van der Waals surface area contributed by atoms with Gasteiger partial charge in [0.1, 0.15) is 11.2 Å². The van der Waals surface area contributed by atoms with Gasteiger partial charge in [0.25, 0.3) is 5.91 Å². The van der Waals surface area contributed by atoms with Crippen LogP contribution in [0.15, 0.2) is 35.2 Å². The molecule has 0 bridgehead atoms. The zero-order valence-corrected chi connectivity index (χ0v) is 15.4. The molecule has 24 heavy (non-hydrogen) atoms. The summed E-state index contributed by atoms with van der Waals surface area (Å²) in [4.78, 5) is 13.0. The molecular weight excluding hydrogens is 367 g/mol. The van der Waals surface area contributed by atoms with E-state index in [0.29, 0.717) is 21.5 Å². The predicted octanol–water partition coefficient (Wildman–Crippen LogP) is 5.20. The van der Waals surface area contributed by atoms with Crippen molar-refractivity contribution in [2.45, 2.75) is 18.7 Å². The largest absolute Gasteiger partial charge is 0.482 e. The Balaban J connectivity index is 2.03. The molecule has 0 heterocycles. The van der Waals surface area contributed by atoms with Gasteiger partial charge in [-0.2, -0.15) is 5.26 Å². The third kappa shape index (κ3) is 4.81. The SMILES string of the molecule is Cc1cc(SC#N)cc(C)c1NC(=O)COc1ccc(Cl)cc1Cl. The van der Waals surface area contributed by atoms with Crippen LogP contribution in [0.4, 0.5) is 5.69 Å². The Kier molecular flexibility index (Phi) is 6.38. The fraction of sp³-hybridized carbons (Fsp3) is 0.176. The third-order valence-electron chi connectivity index (χ3n) is 3.19. The van der Waals surface area contributed by atoms with Gasteiger partial charge >= 0.3 is 0 Å². The van der Waals surface area contributed by atoms with Crippen LogP contribution >= 0.6 is 35.0 Å². The molecule has 0 radical (unpaired) electrons. The van der Waals surface area contributed by atoms with E-state index in [1.54, 1.807) is 18.2 Å². The molecule has 0 fully saturated rings. The molecule has 2 rings (SSSR count). The average Bonchev–Trinajstić information content (AvgIpc) is 2.50. The van der Waals surface area contributed by atoms with Gasteiger partial charge in [-0.05, 0) is 67.1 Å². The number of nitrogens with one attached hydrogen (secondary N) is 1. The van der Waals surface area contributed by atoms with Crippen molar-refractivity contribution in [3.8, 4) is 11.2 Å². The summed E-state index contributed by atoms with van der Waals surface area (Å²) in [6, 6.07) is 8.51. The van der Waals surface area contributed by atoms with Gasteiger partial charge in [0, 0.05) is 15.6 Å². The first-order chi connectivity index (χ1) is 11.4. The summed E-state index contributed by atoms with van der Waals surface area (Å²) in [6.07, 6.45) is 0. The first-order valence-corrected chi connectivity index (χ1v) is 8.53. The second kappa shape index (κ2) is 8.29. The van der Waals surface area contributed by atoms with Gasteiger partial charge in [0.05, 0.1) is 5.02 Å². The van der Waals surface area contributed by atoms with Crippen molar-refractivity contribution in [1.29, 1.82) is 5.26 Å². The van der Waals surface area contributed by atoms with Gasteiger partial charge in [-0.25, -0.2) is 0 Å². The summed E-state index contributed by atoms with van der Waals surface area (Å²) >= 11 is 12.9. The summed E-state index contributed by atoms with van der Waals surface area (Å²) in [5.41, 5.74) is 2.48. The molecular formula is C17H14Cl2N2O2S. The summed E-state index contributed by atoms with van der Waals surface area (Å²) in [5, 5.41) is 14.4. The minimum Gasteiger partial charge on any atom is -0.482 e. The molecule has 0 saturated carbocycles. The Morgan fingerprint density at radius 3 is 2.50 bits per heavy atom. The first-order valence-electron chi connectivity index (χ1n) is 6.95. The van der Waals surface area contributed by atoms with E-state index in [0.717, 1.165) is 27.8 Å². The molecule has 0 saturated heterocycles. The predicted molar refractivity (Wildman–Crippen MR) is 98.0 cm³/mol. The van der Waals surface area contributed by atoms with Crippen molar-refractivity contribution in [2.75, 3.05) is 11.9 Å². The lowest BCUT2D eigenvalue weighted by molar-refractivity contribution is -0.118. The molecule has 2 aromatic carbocycles. The minimum atomic E-state index is -0.298. The molecule has 0 aliphatic carbocycles. The van der Waals surface area contributed by atoms with E-state index >= 15 is 0 Å². The Hall–Kier alpha value is -1.87. The minimum absolute atomic E-state index is 0.172. The fourth-order valence-corrected chi connectivity index (χ4v) is 3.18. The zero-order valence-electron chi connectivity index (χ0n) is 13.0. The van der Waals surface area contributed by atoms with Gasteiger partial charge in [-0.3, -0.25) is 4.79 Å². The number of amides is 1. The van der Waals surface area contributed by atoms with Gasteiger partial charge in [0.15, 0.2) is 6.61 Å². The highest BCUT2D eigenvalue weighted by atomic mass is 35.5. The van der Waals surface area contributed by atoms with Crippen molar-refractivity contribution in [2.24, 2.45) is 0 Å². The van der Waals surface area contributed by atoms with Crippen LogP contribution in [0.25, 0.3) is 0 Å². The summed E-state index contributed by atoms with van der Waals surface area (Å²) in [6.45, 7) is 3.58. The third-order valence-corrected chi connectivity index (χ3v) is 4.28. The molecule has 0 unspecified atom stereocenters. The molecule has 1 N–H and O–H groups in total. The number of carbonyl (C=O) groups excluding carboxylic acids is 1. The number of ether oxygens (including phenoxy) is 1. The fourth-order valence-electron chi connectivity index (χ4n) is 2.14. The maximum atomic E-state index is 12.1. The van der Waals surface area contributed by atoms with Gasteiger partial charge in [0.2, 0.25) is 0 Å². The lowest BCUT2D eigenvalue weighted by Gasteiger charge is -2.13. The molecule has 2 aromatic rings. The quantitative estimate of drug-likeness (QED) is 0.571. The normalized spacial score (nSPS) is 10.1. The Morgan fingerprint density at radius 2 is 1.92 bits per heavy atom. The highest BCUT2D eigenvalue weighted by Crippen LogP contribution is 2.29. The number of aryl methyl sites for hydroxylation is 2. The number of thioether (sulfide) groups is 1. The van der Waals surface area contributed by atoms with E-state index in [1.807, 2.05) is 31.4 Å². The van der Waals surface area contributed by atoms with Crippen molar-refractivity contribution >= 4 is 46.6 Å². The Morgan fingerprint density at radius 1 is 1.25 bits per heavy atom. The van der Waals surface area contributed by atoms with Crippen LogP contribution in [0.2, 0.25) is 10.0 Å². The number of thiocyanates is 1. The number of nitrogens with zero attached hydrogens (tertiary/aromatic N) is 1. The monoisotopic (exact) mass is 380 g/mol. The second-order valence-electron chi connectivity index (χ2n) is 5.04. The second-order valence-corrected chi connectivity index (χ2v) is 6.74. The highest BCUT2D eigenvalue weighted by molar-refractivity contribution is 8.03. The summed E-state index contributed by atoms with van der Waals surface area (Å²) < 4.78 is 5.42. The molecule has 0 aliphatic heterocycles. The molecule has 0 aromatic heterocycles. The van der Waals surface area contributed by atoms with Gasteiger partial charge in [-0.1, -0.05) is 23.2 Å². The number of carbonyl (C=O) groups is 1. The van der Waals surface area contributed by atoms with Crippen LogP contribution in [0.1, 0.15) is 11.1 Å². The number of benzene rings is 2. The smallest absolute Gasteiger partial charge is 0.262 e. The number of hydrogen-bond donors (Lipinski definition) is 1. The van der Waals surface area contributed by atoms with E-state index in [-0.39, 0.29) is 12.5 Å². The maximum Gasteiger partial charge on any atom is 0.262 e. The molecule has 4 nitrogen and oxygen atoms in total. The maximum absolute atomic E-state index is 12.1. The van der Waals surface area contributed by atoms with Crippen LogP contribution in [0.5, 0.6) is 5.75 Å². The van der Waals surface area contributed by atoms with Crippen LogP contribution in [0.3, 0.4) is 0 Å². The molecule has 0 aliphatic rings. The van der Waals surface area contributed by atoms with Crippen LogP contribution in [0, 0.1) is 24.5 Å². The lowest BCUT2D eigenvalue weighted by Crippen LogP contribution is -2.21. The van der Waals surface area contributed by atoms with Crippen molar-refractivity contribution in [3.63, 3.8) is 0 Å².